The highest BCUT2D eigenvalue weighted by Crippen LogP contribution is 1.81. The first-order valence-electron chi connectivity index (χ1n) is 2.13. The second kappa shape index (κ2) is 9.00. The van der Waals surface area contributed by atoms with Gasteiger partial charge in [-0.1, -0.05) is 20.8 Å². The Hall–Kier alpha value is -0.690. The largest absolute Gasteiger partial charge is 0.373 e. The average Bonchev–Trinajstić information content (AvgIpc) is 1.33. The van der Waals surface area contributed by atoms with E-state index in [-0.39, 0.29) is 0 Å². The second-order valence-corrected chi connectivity index (χ2v) is 1.82. The first kappa shape index (κ1) is 9.58. The highest BCUT2D eigenvalue weighted by molar-refractivity contribution is 4.36. The van der Waals surface area contributed by atoms with E-state index in [9.17, 15) is 0 Å². The molecule has 0 amide bonds. The van der Waals surface area contributed by atoms with Crippen LogP contribution in [0.4, 0.5) is 0 Å². The van der Waals surface area contributed by atoms with Gasteiger partial charge in [0, 0.05) is 0 Å². The summed E-state index contributed by atoms with van der Waals surface area (Å²) < 4.78 is 0. The lowest BCUT2D eigenvalue weighted by Crippen LogP contribution is -1.66. The quantitative estimate of drug-likeness (QED) is 0.255. The fraction of sp³-hybridized carbons (Fsp3) is 1.00. The summed E-state index contributed by atoms with van der Waals surface area (Å²) in [6.07, 6.45) is 0. The fourth-order valence-electron chi connectivity index (χ4n) is 0. The van der Waals surface area contributed by atoms with E-state index in [1.807, 2.05) is 0 Å². The third kappa shape index (κ3) is 122. The highest BCUT2D eigenvalue weighted by atomic mass is 15.0. The minimum atomic E-state index is 0.833. The van der Waals surface area contributed by atoms with Crippen LogP contribution in [0.5, 0.6) is 0 Å². The fourth-order valence-corrected chi connectivity index (χ4v) is 0. The van der Waals surface area contributed by atoms with E-state index >= 15 is 0 Å². The lowest BCUT2D eigenvalue weighted by molar-refractivity contribution is 0.737. The van der Waals surface area contributed by atoms with Crippen LogP contribution in [0, 0.1) is 5.92 Å². The summed E-state index contributed by atoms with van der Waals surface area (Å²) in [6.45, 7) is 6.50. The molecule has 0 unspecified atom stereocenters. The van der Waals surface area contributed by atoms with E-state index < -0.39 is 0 Å². The van der Waals surface area contributed by atoms with Gasteiger partial charge in [-0.25, -0.2) is 0 Å². The number of nitrogens with zero attached hydrogens (tertiary/aromatic N) is 3. The maximum atomic E-state index is 6.75. The van der Waals surface area contributed by atoms with Crippen LogP contribution in [0.25, 0.3) is 16.0 Å². The molecule has 0 saturated heterocycles. The highest BCUT2D eigenvalue weighted by Gasteiger charge is 1.68. The molecule has 0 N–H and O–H groups in total. The van der Waals surface area contributed by atoms with Crippen LogP contribution in [0.1, 0.15) is 20.8 Å². The Kier molecular flexibility index (Phi) is 12.3. The van der Waals surface area contributed by atoms with Gasteiger partial charge < -0.3 is 11.1 Å². The molecular formula is C4H10N3-. The molecule has 0 atom stereocenters. The minimum absolute atomic E-state index is 0.833. The predicted molar refractivity (Wildman–Crippen MR) is 30.6 cm³/mol. The zero-order chi connectivity index (χ0) is 6.28. The smallest absolute Gasteiger partial charge is 0.0500 e. The van der Waals surface area contributed by atoms with Gasteiger partial charge in [0.25, 0.3) is 0 Å². The van der Waals surface area contributed by atoms with E-state index in [2.05, 4.69) is 20.8 Å². The van der Waals surface area contributed by atoms with Crippen molar-refractivity contribution in [2.24, 2.45) is 5.92 Å². The molecule has 0 aliphatic rings. The molecule has 0 saturated carbocycles. The van der Waals surface area contributed by atoms with Crippen molar-refractivity contribution in [2.75, 3.05) is 0 Å². The van der Waals surface area contributed by atoms with Crippen molar-refractivity contribution in [2.45, 2.75) is 20.8 Å². The molecule has 0 aromatic carbocycles. The summed E-state index contributed by atoms with van der Waals surface area (Å²) in [5.74, 6) is 0.833. The summed E-state index contributed by atoms with van der Waals surface area (Å²) >= 11 is 0. The van der Waals surface area contributed by atoms with Crippen molar-refractivity contribution >= 4 is 0 Å². The summed E-state index contributed by atoms with van der Waals surface area (Å²) in [4.78, 5) is 1.50. The average molecular weight is 100 g/mol. The maximum Gasteiger partial charge on any atom is -0.0500 e. The molecule has 0 aliphatic heterocycles. The standard InChI is InChI=1S/C4H10.N3/c1-4(2)3;1-3-2/h4H,1-3H3;/q;-1. The molecule has 0 radical (unpaired) electrons. The molecule has 0 spiro atoms. The minimum Gasteiger partial charge on any atom is -0.373 e. The Balaban J connectivity index is 0. The van der Waals surface area contributed by atoms with Crippen molar-refractivity contribution < 1.29 is 0 Å². The van der Waals surface area contributed by atoms with E-state index in [1.165, 1.54) is 4.91 Å². The van der Waals surface area contributed by atoms with E-state index in [1.54, 1.807) is 0 Å². The molecule has 3 heteroatoms. The van der Waals surface area contributed by atoms with Crippen LogP contribution < -0.4 is 0 Å². The zero-order valence-corrected chi connectivity index (χ0v) is 4.92. The van der Waals surface area contributed by atoms with Crippen LogP contribution in [-0.4, -0.2) is 0 Å². The summed E-state index contributed by atoms with van der Waals surface area (Å²) in [5, 5.41) is 0. The Morgan fingerprint density at radius 2 is 1.14 bits per heavy atom. The van der Waals surface area contributed by atoms with E-state index in [0.717, 1.165) is 5.92 Å². The van der Waals surface area contributed by atoms with Gasteiger partial charge in [-0.05, 0) is 5.92 Å². The number of hydrogen-bond acceptors (Lipinski definition) is 0. The van der Waals surface area contributed by atoms with Gasteiger partial charge >= 0.3 is 0 Å². The first-order valence-corrected chi connectivity index (χ1v) is 2.13. The SMILES string of the molecule is CC(C)C.[N-]=[N+]=[N-]. The van der Waals surface area contributed by atoms with E-state index in [4.69, 9.17) is 11.1 Å². The summed E-state index contributed by atoms with van der Waals surface area (Å²) in [6, 6.07) is 0. The predicted octanol–water partition coefficient (Wildman–Crippen LogP) is 2.53. The normalized spacial score (nSPS) is 6.29. The molecule has 3 nitrogen and oxygen atoms in total. The van der Waals surface area contributed by atoms with Crippen molar-refractivity contribution in [3.63, 3.8) is 0 Å². The van der Waals surface area contributed by atoms with E-state index in [0.29, 0.717) is 0 Å². The van der Waals surface area contributed by atoms with Gasteiger partial charge in [-0.3, -0.25) is 4.91 Å². The van der Waals surface area contributed by atoms with Gasteiger partial charge in [0.15, 0.2) is 0 Å². The molecule has 0 bridgehead atoms. The van der Waals surface area contributed by atoms with Crippen LogP contribution in [0.2, 0.25) is 0 Å². The van der Waals surface area contributed by atoms with Crippen LogP contribution in [-0.2, 0) is 0 Å². The Morgan fingerprint density at radius 3 is 1.14 bits per heavy atom. The van der Waals surface area contributed by atoms with Crippen LogP contribution >= 0.6 is 0 Å². The van der Waals surface area contributed by atoms with Gasteiger partial charge in [0.2, 0.25) is 0 Å². The Bertz CT molecular complexity index is 49.2. The monoisotopic (exact) mass is 100 g/mol. The number of rotatable bonds is 0. The Morgan fingerprint density at radius 1 is 1.14 bits per heavy atom. The summed E-state index contributed by atoms with van der Waals surface area (Å²) in [7, 11) is 0. The molecule has 0 aromatic rings. The van der Waals surface area contributed by atoms with Gasteiger partial charge in [-0.15, -0.1) is 0 Å². The molecule has 42 valence electrons. The maximum absolute atomic E-state index is 6.75. The topological polar surface area (TPSA) is 58.7 Å². The van der Waals surface area contributed by atoms with Gasteiger partial charge in [0.1, 0.15) is 0 Å². The van der Waals surface area contributed by atoms with Crippen molar-refractivity contribution in [3.8, 4) is 0 Å². The molecule has 0 aromatic heterocycles. The van der Waals surface area contributed by atoms with Gasteiger partial charge in [0.05, 0.1) is 0 Å². The third-order valence-corrected chi connectivity index (χ3v) is 0. The van der Waals surface area contributed by atoms with Crippen LogP contribution in [0.3, 0.4) is 0 Å². The first-order chi connectivity index (χ1) is 3.15. The Labute approximate surface area is 43.8 Å². The molecule has 0 rings (SSSR count). The van der Waals surface area contributed by atoms with Crippen molar-refractivity contribution in [1.29, 1.82) is 0 Å². The molecule has 7 heavy (non-hydrogen) atoms. The zero-order valence-electron chi connectivity index (χ0n) is 4.92. The number of hydrogen-bond donors (Lipinski definition) is 0. The lowest BCUT2D eigenvalue weighted by Gasteiger charge is -1.79. The molecular weight excluding hydrogens is 90.1 g/mol. The summed E-state index contributed by atoms with van der Waals surface area (Å²) in [5.41, 5.74) is 13.5. The van der Waals surface area contributed by atoms with Gasteiger partial charge in [-0.2, -0.15) is 0 Å². The third-order valence-electron chi connectivity index (χ3n) is 0. The molecule has 0 heterocycles. The lowest BCUT2D eigenvalue weighted by atomic mass is 10.3. The molecule has 0 fully saturated rings. The molecule has 0 aliphatic carbocycles. The second-order valence-electron chi connectivity index (χ2n) is 1.82. The van der Waals surface area contributed by atoms with Crippen LogP contribution in [0.15, 0.2) is 0 Å². The van der Waals surface area contributed by atoms with Crippen molar-refractivity contribution in [3.05, 3.63) is 16.0 Å². The van der Waals surface area contributed by atoms with Crippen molar-refractivity contribution in [1.82, 2.24) is 0 Å².